The molecule has 0 saturated heterocycles. The van der Waals surface area contributed by atoms with E-state index >= 15 is 19.2 Å². The zero-order valence-corrected chi connectivity index (χ0v) is 44.3. The van der Waals surface area contributed by atoms with Gasteiger partial charge in [0.25, 0.3) is 0 Å². The number of ether oxygens (including phenoxy) is 2. The molecule has 3 aromatic carbocycles. The molecule has 5 rings (SSSR count). The molecule has 71 heavy (non-hydrogen) atoms. The molecular formula is C59H62Br2O10. The quantitative estimate of drug-likeness (QED) is 0.0382. The summed E-state index contributed by atoms with van der Waals surface area (Å²) >= 11 is 6.82. The molecule has 0 radical (unpaired) electrons. The van der Waals surface area contributed by atoms with Crippen molar-refractivity contribution in [1.82, 2.24) is 0 Å². The van der Waals surface area contributed by atoms with Crippen LogP contribution < -0.4 is 4.74 Å². The van der Waals surface area contributed by atoms with Gasteiger partial charge in [0.1, 0.15) is 29.1 Å². The fraction of sp³-hybridized carbons (Fsp3) is 0.322. The van der Waals surface area contributed by atoms with Gasteiger partial charge in [-0.1, -0.05) is 103 Å². The van der Waals surface area contributed by atoms with Crippen molar-refractivity contribution in [3.63, 3.8) is 0 Å². The van der Waals surface area contributed by atoms with Crippen LogP contribution in [-0.4, -0.2) is 58.8 Å². The summed E-state index contributed by atoms with van der Waals surface area (Å²) in [5.41, 5.74) is -0.927. The number of carbonyl (C=O) groups is 6. The highest BCUT2D eigenvalue weighted by molar-refractivity contribution is 9.10. The fourth-order valence-corrected chi connectivity index (χ4v) is 9.67. The van der Waals surface area contributed by atoms with E-state index in [0.29, 0.717) is 39.2 Å². The van der Waals surface area contributed by atoms with E-state index in [0.717, 1.165) is 21.1 Å². The first-order valence-electron chi connectivity index (χ1n) is 23.4. The second kappa shape index (κ2) is 24.4. The van der Waals surface area contributed by atoms with E-state index in [2.05, 4.69) is 58.2 Å². The molecule has 0 heterocycles. The van der Waals surface area contributed by atoms with Crippen LogP contribution in [0.15, 0.2) is 165 Å². The lowest BCUT2D eigenvalue weighted by Crippen LogP contribution is -2.52. The smallest absolute Gasteiger partial charge is 0.188 e. The van der Waals surface area contributed by atoms with Crippen LogP contribution in [0, 0.1) is 22.7 Å². The Morgan fingerprint density at radius 3 is 1.24 bits per heavy atom. The topological polar surface area (TPSA) is 161 Å². The molecule has 0 bridgehead atoms. The Morgan fingerprint density at radius 1 is 0.592 bits per heavy atom. The predicted molar refractivity (Wildman–Crippen MR) is 285 cm³/mol. The maximum Gasteiger partial charge on any atom is 0.188 e. The van der Waals surface area contributed by atoms with Crippen LogP contribution in [0.25, 0.3) is 12.2 Å². The van der Waals surface area contributed by atoms with E-state index in [4.69, 9.17) is 9.47 Å². The molecule has 3 aromatic rings. The largest absolute Gasteiger partial charge is 0.511 e. The average Bonchev–Trinajstić information content (AvgIpc) is 3.32. The van der Waals surface area contributed by atoms with E-state index < -0.39 is 85.9 Å². The molecule has 0 aromatic heterocycles. The highest BCUT2D eigenvalue weighted by atomic mass is 79.9. The van der Waals surface area contributed by atoms with Gasteiger partial charge >= 0.3 is 0 Å². The van der Waals surface area contributed by atoms with Crippen LogP contribution in [0.5, 0.6) is 5.75 Å². The molecule has 372 valence electrons. The molecule has 2 aliphatic carbocycles. The average molecular weight is 1090 g/mol. The summed E-state index contributed by atoms with van der Waals surface area (Å²) in [6.07, 6.45) is 5.65. The molecule has 2 N–H and O–H groups in total. The molecule has 0 aliphatic heterocycles. The Kier molecular flexibility index (Phi) is 19.2. The SMILES string of the molecule is C=C(C)CCC1(CCC(=C)C)C(=O)C(C(=O)C=Cc2ccc(Br)cc2)C(=O)C(C(C2=C(O)C(CCC(=C)C)(CCC(=C)C)C(=O)C(C(=O)C=Cc3ccc(Br)cc3)C2=O)c2ccc(OCOC)cc2)=C1O. The van der Waals surface area contributed by atoms with Gasteiger partial charge < -0.3 is 19.7 Å². The van der Waals surface area contributed by atoms with Crippen LogP contribution in [0.1, 0.15) is 102 Å². The standard InChI is InChI=1S/C59H62Br2O10/c1-35(2)26-30-58(31-27-36(3)4)54(66)48(45(62)24-14-39-10-18-42(60)19-11-39)52(64)50(56(58)68)47(41-16-22-44(23-17-41)71-34-70-9)51-53(65)49(46(63)25-15-40-12-20-43(61)21-13-40)55(67)59(57(51)69,32-28-37(5)6)33-29-38(7)8/h10-25,47-49,68-69H,1,3,5,7,26-34H2,2,4,6,8-9H3. The fourth-order valence-electron chi connectivity index (χ4n) is 9.14. The van der Waals surface area contributed by atoms with Gasteiger partial charge in [-0.3, -0.25) is 28.8 Å². The van der Waals surface area contributed by atoms with Crippen LogP contribution in [0.4, 0.5) is 0 Å². The maximum atomic E-state index is 15.7. The molecule has 2 unspecified atom stereocenters. The molecule has 12 heteroatoms. The number of halogens is 2. The van der Waals surface area contributed by atoms with Crippen molar-refractivity contribution in [1.29, 1.82) is 0 Å². The molecule has 10 nitrogen and oxygen atoms in total. The Balaban J connectivity index is 1.94. The Labute approximate surface area is 433 Å². The monoisotopic (exact) mass is 1090 g/mol. The lowest BCUT2D eigenvalue weighted by molar-refractivity contribution is -0.146. The third-order valence-electron chi connectivity index (χ3n) is 13.2. The number of aliphatic hydroxyl groups excluding tert-OH is 2. The van der Waals surface area contributed by atoms with Crippen molar-refractivity contribution >= 4 is 78.7 Å². The van der Waals surface area contributed by atoms with Gasteiger partial charge in [0.2, 0.25) is 0 Å². The van der Waals surface area contributed by atoms with Gasteiger partial charge in [-0.2, -0.15) is 0 Å². The minimum atomic E-state index is -2.03. The number of rotatable bonds is 24. The number of hydrogen-bond donors (Lipinski definition) is 2. The summed E-state index contributed by atoms with van der Waals surface area (Å²) in [6, 6.07) is 20.1. The molecule has 0 fully saturated rings. The van der Waals surface area contributed by atoms with Gasteiger partial charge in [0, 0.05) is 33.1 Å². The summed E-state index contributed by atoms with van der Waals surface area (Å²) in [5, 5.41) is 26.3. The third-order valence-corrected chi connectivity index (χ3v) is 14.2. The zero-order chi connectivity index (χ0) is 52.4. The number of hydrogen-bond acceptors (Lipinski definition) is 10. The van der Waals surface area contributed by atoms with E-state index in [9.17, 15) is 19.8 Å². The van der Waals surface area contributed by atoms with Crippen molar-refractivity contribution in [3.8, 4) is 5.75 Å². The van der Waals surface area contributed by atoms with E-state index in [-0.39, 0.29) is 63.7 Å². The van der Waals surface area contributed by atoms with Crippen LogP contribution in [0.2, 0.25) is 0 Å². The number of benzene rings is 3. The van der Waals surface area contributed by atoms with Crippen LogP contribution >= 0.6 is 31.9 Å². The number of Topliss-reactive ketones (excluding diaryl/α,β-unsaturated/α-hetero) is 4. The summed E-state index contributed by atoms with van der Waals surface area (Å²) in [6.45, 7) is 23.1. The minimum Gasteiger partial charge on any atom is -0.511 e. The van der Waals surface area contributed by atoms with Crippen molar-refractivity contribution < 1.29 is 48.5 Å². The number of allylic oxidation sites excluding steroid dienone is 10. The van der Waals surface area contributed by atoms with Gasteiger partial charge in [0.05, 0.1) is 10.8 Å². The van der Waals surface area contributed by atoms with E-state index in [1.165, 1.54) is 43.5 Å². The second-order valence-electron chi connectivity index (χ2n) is 19.0. The van der Waals surface area contributed by atoms with Gasteiger partial charge in [0.15, 0.2) is 41.5 Å². The second-order valence-corrected chi connectivity index (χ2v) is 20.8. The maximum absolute atomic E-state index is 15.7. The van der Waals surface area contributed by atoms with Gasteiger partial charge in [-0.15, -0.1) is 26.3 Å². The normalized spacial score (nSPS) is 18.3. The molecule has 0 saturated carbocycles. The van der Waals surface area contributed by atoms with Crippen LogP contribution in [0.3, 0.4) is 0 Å². The molecule has 2 aliphatic rings. The first-order chi connectivity index (χ1) is 33.6. The lowest BCUT2D eigenvalue weighted by Gasteiger charge is -2.44. The lowest BCUT2D eigenvalue weighted by atomic mass is 9.57. The minimum absolute atomic E-state index is 0.0889. The number of methoxy groups -OCH3 is 1. The highest BCUT2D eigenvalue weighted by Gasteiger charge is 2.60. The highest BCUT2D eigenvalue weighted by Crippen LogP contribution is 2.55. The van der Waals surface area contributed by atoms with E-state index in [1.807, 2.05) is 0 Å². The zero-order valence-electron chi connectivity index (χ0n) is 41.1. The summed E-state index contributed by atoms with van der Waals surface area (Å²) in [5.74, 6) is -12.6. The first kappa shape index (κ1) is 55.8. The van der Waals surface area contributed by atoms with E-state index in [1.54, 1.807) is 76.2 Å². The van der Waals surface area contributed by atoms with Gasteiger partial charge in [-0.25, -0.2) is 0 Å². The Morgan fingerprint density at radius 2 is 0.930 bits per heavy atom. The van der Waals surface area contributed by atoms with Crippen molar-refractivity contribution in [2.45, 2.75) is 85.0 Å². The van der Waals surface area contributed by atoms with Crippen LogP contribution in [-0.2, 0) is 33.5 Å². The van der Waals surface area contributed by atoms with Crippen molar-refractivity contribution in [3.05, 3.63) is 182 Å². The summed E-state index contributed by atoms with van der Waals surface area (Å²) in [7, 11) is 1.44. The molecule has 2 atom stereocenters. The summed E-state index contributed by atoms with van der Waals surface area (Å²) in [4.78, 5) is 91.5. The Bertz CT molecular complexity index is 2550. The first-order valence-corrected chi connectivity index (χ1v) is 25.0. The number of carbonyl (C=O) groups excluding carboxylic acids is 6. The molecule has 0 amide bonds. The van der Waals surface area contributed by atoms with Crippen molar-refractivity contribution in [2.75, 3.05) is 13.9 Å². The number of aliphatic hydroxyl groups is 2. The molecular weight excluding hydrogens is 1030 g/mol. The summed E-state index contributed by atoms with van der Waals surface area (Å²) < 4.78 is 12.4. The predicted octanol–water partition coefficient (Wildman–Crippen LogP) is 13.4. The van der Waals surface area contributed by atoms with Gasteiger partial charge in [-0.05, 0) is 144 Å². The number of ketones is 6. The molecule has 0 spiro atoms. The third kappa shape index (κ3) is 12.9. The Hall–Kier alpha value is -6.08. The van der Waals surface area contributed by atoms with Crippen molar-refractivity contribution in [2.24, 2.45) is 22.7 Å².